The standard InChI is InChI=1S/C14H16BrNS/c1-10(12-6-3-4-7-13(12)15)16-11(2)14-8-5-9-17-14/h3-11,16H,1-2H3. The van der Waals surface area contributed by atoms with E-state index in [4.69, 9.17) is 0 Å². The minimum absolute atomic E-state index is 0.336. The molecule has 1 aromatic carbocycles. The molecule has 0 saturated carbocycles. The highest BCUT2D eigenvalue weighted by Crippen LogP contribution is 2.26. The van der Waals surface area contributed by atoms with Gasteiger partial charge in [0.15, 0.2) is 0 Å². The van der Waals surface area contributed by atoms with E-state index < -0.39 is 0 Å². The van der Waals surface area contributed by atoms with Crippen LogP contribution in [0.1, 0.15) is 36.4 Å². The Morgan fingerprint density at radius 3 is 2.47 bits per heavy atom. The highest BCUT2D eigenvalue weighted by atomic mass is 79.9. The number of hydrogen-bond donors (Lipinski definition) is 1. The normalized spacial score (nSPS) is 14.5. The van der Waals surface area contributed by atoms with Gasteiger partial charge < -0.3 is 5.32 Å². The van der Waals surface area contributed by atoms with E-state index in [1.165, 1.54) is 14.9 Å². The Hall–Kier alpha value is -0.640. The SMILES string of the molecule is CC(NC(C)c1ccccc1Br)c1cccs1. The molecule has 17 heavy (non-hydrogen) atoms. The van der Waals surface area contributed by atoms with Crippen molar-refractivity contribution in [1.29, 1.82) is 0 Å². The highest BCUT2D eigenvalue weighted by molar-refractivity contribution is 9.10. The molecule has 0 aliphatic carbocycles. The van der Waals surface area contributed by atoms with Crippen LogP contribution in [-0.2, 0) is 0 Å². The van der Waals surface area contributed by atoms with E-state index in [1.54, 1.807) is 11.3 Å². The van der Waals surface area contributed by atoms with Gasteiger partial charge >= 0.3 is 0 Å². The average Bonchev–Trinajstić information content (AvgIpc) is 2.82. The highest BCUT2D eigenvalue weighted by Gasteiger charge is 2.13. The molecule has 2 aromatic rings. The molecule has 0 bridgehead atoms. The first-order valence-corrected chi connectivity index (χ1v) is 7.39. The maximum atomic E-state index is 3.62. The first-order chi connectivity index (χ1) is 8.18. The Morgan fingerprint density at radius 1 is 1.06 bits per heavy atom. The van der Waals surface area contributed by atoms with Crippen LogP contribution in [0.2, 0.25) is 0 Å². The second kappa shape index (κ2) is 5.80. The van der Waals surface area contributed by atoms with E-state index in [0.29, 0.717) is 12.1 Å². The largest absolute Gasteiger partial charge is 0.303 e. The van der Waals surface area contributed by atoms with Crippen LogP contribution < -0.4 is 5.32 Å². The molecule has 0 radical (unpaired) electrons. The van der Waals surface area contributed by atoms with Gasteiger partial charge in [0.2, 0.25) is 0 Å². The fourth-order valence-electron chi connectivity index (χ4n) is 1.91. The van der Waals surface area contributed by atoms with Gasteiger partial charge in [-0.1, -0.05) is 40.2 Å². The maximum absolute atomic E-state index is 3.62. The van der Waals surface area contributed by atoms with E-state index >= 15 is 0 Å². The lowest BCUT2D eigenvalue weighted by atomic mass is 10.1. The van der Waals surface area contributed by atoms with Crippen LogP contribution >= 0.6 is 27.3 Å². The van der Waals surface area contributed by atoms with Crippen LogP contribution in [0.15, 0.2) is 46.3 Å². The molecule has 0 amide bonds. The van der Waals surface area contributed by atoms with Crippen molar-refractivity contribution in [2.75, 3.05) is 0 Å². The summed E-state index contributed by atoms with van der Waals surface area (Å²) in [6.45, 7) is 4.41. The molecule has 0 aliphatic heterocycles. The third-order valence-corrected chi connectivity index (χ3v) is 4.62. The smallest absolute Gasteiger partial charge is 0.0391 e. The zero-order valence-electron chi connectivity index (χ0n) is 9.98. The molecular weight excluding hydrogens is 294 g/mol. The molecule has 2 unspecified atom stereocenters. The van der Waals surface area contributed by atoms with E-state index in [0.717, 1.165) is 0 Å². The molecule has 2 rings (SSSR count). The van der Waals surface area contributed by atoms with Gasteiger partial charge in [-0.15, -0.1) is 11.3 Å². The summed E-state index contributed by atoms with van der Waals surface area (Å²) in [5.74, 6) is 0. The minimum atomic E-state index is 0.336. The molecule has 0 aliphatic rings. The number of hydrogen-bond acceptors (Lipinski definition) is 2. The fourth-order valence-corrected chi connectivity index (χ4v) is 3.28. The number of nitrogens with one attached hydrogen (secondary N) is 1. The minimum Gasteiger partial charge on any atom is -0.303 e. The Labute approximate surface area is 115 Å². The Balaban J connectivity index is 2.07. The summed E-state index contributed by atoms with van der Waals surface area (Å²) in [5.41, 5.74) is 1.30. The number of thiophene rings is 1. The van der Waals surface area contributed by atoms with Crippen LogP contribution in [0.25, 0.3) is 0 Å². The first kappa shape index (κ1) is 12.8. The van der Waals surface area contributed by atoms with Crippen molar-refractivity contribution in [1.82, 2.24) is 5.32 Å². The van der Waals surface area contributed by atoms with Crippen molar-refractivity contribution in [3.8, 4) is 0 Å². The van der Waals surface area contributed by atoms with Gasteiger partial charge in [0.1, 0.15) is 0 Å². The van der Waals surface area contributed by atoms with Crippen molar-refractivity contribution in [2.24, 2.45) is 0 Å². The summed E-state index contributed by atoms with van der Waals surface area (Å²) in [6, 6.07) is 13.4. The van der Waals surface area contributed by atoms with Crippen molar-refractivity contribution < 1.29 is 0 Å². The van der Waals surface area contributed by atoms with E-state index in [9.17, 15) is 0 Å². The number of benzene rings is 1. The summed E-state index contributed by atoms with van der Waals surface area (Å²) in [6.07, 6.45) is 0. The van der Waals surface area contributed by atoms with Crippen LogP contribution in [0.5, 0.6) is 0 Å². The molecule has 0 spiro atoms. The summed E-state index contributed by atoms with van der Waals surface area (Å²) in [5, 5.41) is 5.74. The summed E-state index contributed by atoms with van der Waals surface area (Å²) in [4.78, 5) is 1.38. The summed E-state index contributed by atoms with van der Waals surface area (Å²) >= 11 is 5.40. The van der Waals surface area contributed by atoms with Crippen LogP contribution in [0.4, 0.5) is 0 Å². The zero-order valence-corrected chi connectivity index (χ0v) is 12.4. The third kappa shape index (κ3) is 3.18. The molecule has 0 fully saturated rings. The van der Waals surface area contributed by atoms with E-state index in [2.05, 4.69) is 70.8 Å². The summed E-state index contributed by atoms with van der Waals surface area (Å²) < 4.78 is 1.17. The molecule has 0 saturated heterocycles. The van der Waals surface area contributed by atoms with Gasteiger partial charge in [0.05, 0.1) is 0 Å². The molecule has 1 aromatic heterocycles. The molecule has 3 heteroatoms. The van der Waals surface area contributed by atoms with Crippen molar-refractivity contribution in [3.05, 3.63) is 56.7 Å². The van der Waals surface area contributed by atoms with Gasteiger partial charge in [0, 0.05) is 21.4 Å². The van der Waals surface area contributed by atoms with Gasteiger partial charge in [-0.25, -0.2) is 0 Å². The topological polar surface area (TPSA) is 12.0 Å². The third-order valence-electron chi connectivity index (χ3n) is 2.84. The van der Waals surface area contributed by atoms with Crippen molar-refractivity contribution in [2.45, 2.75) is 25.9 Å². The number of halogens is 1. The van der Waals surface area contributed by atoms with Crippen LogP contribution in [0, 0.1) is 0 Å². The van der Waals surface area contributed by atoms with Crippen LogP contribution in [-0.4, -0.2) is 0 Å². The Bertz CT molecular complexity index is 467. The number of rotatable bonds is 4. The van der Waals surface area contributed by atoms with Gasteiger partial charge in [0.25, 0.3) is 0 Å². The molecule has 90 valence electrons. The monoisotopic (exact) mass is 309 g/mol. The molecule has 2 atom stereocenters. The predicted octanol–water partition coefficient (Wildman–Crippen LogP) is 4.92. The molecule has 1 heterocycles. The lowest BCUT2D eigenvalue weighted by Gasteiger charge is -2.20. The molecule has 1 N–H and O–H groups in total. The summed E-state index contributed by atoms with van der Waals surface area (Å²) in [7, 11) is 0. The van der Waals surface area contributed by atoms with E-state index in [1.807, 2.05) is 6.07 Å². The Morgan fingerprint density at radius 2 is 1.82 bits per heavy atom. The Kier molecular flexibility index (Phi) is 4.37. The van der Waals surface area contributed by atoms with Crippen molar-refractivity contribution in [3.63, 3.8) is 0 Å². The lowest BCUT2D eigenvalue weighted by Crippen LogP contribution is -2.22. The van der Waals surface area contributed by atoms with Gasteiger partial charge in [-0.2, -0.15) is 0 Å². The quantitative estimate of drug-likeness (QED) is 0.845. The van der Waals surface area contributed by atoms with Crippen molar-refractivity contribution >= 4 is 27.3 Å². The molecular formula is C14H16BrNS. The van der Waals surface area contributed by atoms with E-state index in [-0.39, 0.29) is 0 Å². The predicted molar refractivity (Wildman–Crippen MR) is 78.4 cm³/mol. The van der Waals surface area contributed by atoms with Crippen LogP contribution in [0.3, 0.4) is 0 Å². The fraction of sp³-hybridized carbons (Fsp3) is 0.286. The maximum Gasteiger partial charge on any atom is 0.0391 e. The van der Waals surface area contributed by atoms with Gasteiger partial charge in [-0.05, 0) is 36.9 Å². The lowest BCUT2D eigenvalue weighted by molar-refractivity contribution is 0.499. The first-order valence-electron chi connectivity index (χ1n) is 5.72. The zero-order chi connectivity index (χ0) is 12.3. The second-order valence-electron chi connectivity index (χ2n) is 4.15. The molecule has 1 nitrogen and oxygen atoms in total. The average molecular weight is 310 g/mol. The van der Waals surface area contributed by atoms with Gasteiger partial charge in [-0.3, -0.25) is 0 Å². The second-order valence-corrected chi connectivity index (χ2v) is 5.98.